The zero-order valence-corrected chi connectivity index (χ0v) is 10.5. The summed E-state index contributed by atoms with van der Waals surface area (Å²) in [5.41, 5.74) is 0. The summed E-state index contributed by atoms with van der Waals surface area (Å²) in [6.07, 6.45) is 2.20. The van der Waals surface area contributed by atoms with Gasteiger partial charge in [0.15, 0.2) is 0 Å². The molecule has 0 bridgehead atoms. The Morgan fingerprint density at radius 3 is 2.67 bits per heavy atom. The van der Waals surface area contributed by atoms with Gasteiger partial charge in [-0.2, -0.15) is 11.8 Å². The first-order valence-electron chi connectivity index (χ1n) is 5.72. The van der Waals surface area contributed by atoms with Crippen LogP contribution in [0.1, 0.15) is 31.8 Å². The van der Waals surface area contributed by atoms with Crippen molar-refractivity contribution in [2.24, 2.45) is 0 Å². The van der Waals surface area contributed by atoms with Crippen LogP contribution in [0.25, 0.3) is 0 Å². The molecular formula is C12H21NOS. The normalized spacial score (nSPS) is 10.8. The molecule has 3 heteroatoms. The van der Waals surface area contributed by atoms with Gasteiger partial charge in [-0.25, -0.2) is 0 Å². The van der Waals surface area contributed by atoms with E-state index in [1.807, 2.05) is 11.8 Å². The molecule has 0 radical (unpaired) electrons. The number of hydrogen-bond acceptors (Lipinski definition) is 3. The van der Waals surface area contributed by atoms with Crippen LogP contribution in [0, 0.1) is 0 Å². The van der Waals surface area contributed by atoms with Crippen LogP contribution >= 0.6 is 11.8 Å². The maximum absolute atomic E-state index is 5.62. The van der Waals surface area contributed by atoms with Gasteiger partial charge in [-0.05, 0) is 25.1 Å². The molecule has 0 unspecified atom stereocenters. The molecule has 1 aromatic heterocycles. The van der Waals surface area contributed by atoms with Crippen LogP contribution in [0.3, 0.4) is 0 Å². The Labute approximate surface area is 96.8 Å². The molecule has 15 heavy (non-hydrogen) atoms. The van der Waals surface area contributed by atoms with Gasteiger partial charge in [-0.3, -0.25) is 0 Å². The van der Waals surface area contributed by atoms with Crippen molar-refractivity contribution in [3.05, 3.63) is 23.7 Å². The first-order chi connectivity index (χ1) is 7.36. The van der Waals surface area contributed by atoms with Crippen molar-refractivity contribution in [3.63, 3.8) is 0 Å². The molecule has 86 valence electrons. The summed E-state index contributed by atoms with van der Waals surface area (Å²) in [7, 11) is 0. The molecule has 0 atom stereocenters. The summed E-state index contributed by atoms with van der Waals surface area (Å²) < 4.78 is 5.62. The van der Waals surface area contributed by atoms with E-state index in [1.165, 1.54) is 6.42 Å². The van der Waals surface area contributed by atoms with Gasteiger partial charge in [-0.15, -0.1) is 0 Å². The first-order valence-corrected chi connectivity index (χ1v) is 6.88. The van der Waals surface area contributed by atoms with E-state index in [0.29, 0.717) is 0 Å². The Bertz CT molecular complexity index is 260. The summed E-state index contributed by atoms with van der Waals surface area (Å²) in [6.45, 7) is 6.53. The molecule has 0 aliphatic heterocycles. The Balaban J connectivity index is 2.04. The van der Waals surface area contributed by atoms with Gasteiger partial charge in [0.05, 0.1) is 5.75 Å². The minimum Gasteiger partial charge on any atom is -0.465 e. The number of thioether (sulfide) groups is 1. The number of nitrogens with one attached hydrogen (secondary N) is 1. The lowest BCUT2D eigenvalue weighted by atomic mass is 10.4. The minimum absolute atomic E-state index is 0.989. The summed E-state index contributed by atoms with van der Waals surface area (Å²) in [6, 6.07) is 4.16. The fraction of sp³-hybridized carbons (Fsp3) is 0.667. The van der Waals surface area contributed by atoms with Crippen LogP contribution in [0.4, 0.5) is 0 Å². The number of aryl methyl sites for hydroxylation is 1. The molecule has 1 N–H and O–H groups in total. The van der Waals surface area contributed by atoms with Gasteiger partial charge < -0.3 is 9.73 Å². The Morgan fingerprint density at radius 2 is 2.00 bits per heavy atom. The number of hydrogen-bond donors (Lipinski definition) is 1. The van der Waals surface area contributed by atoms with Crippen molar-refractivity contribution in [2.45, 2.75) is 32.4 Å². The van der Waals surface area contributed by atoms with Crippen molar-refractivity contribution in [3.8, 4) is 0 Å². The molecule has 0 aliphatic rings. The van der Waals surface area contributed by atoms with Gasteiger partial charge in [-0.1, -0.05) is 13.8 Å². The molecule has 0 fully saturated rings. The highest BCUT2D eigenvalue weighted by molar-refractivity contribution is 7.98. The SMILES string of the molecule is CCCNCCSCc1ccc(CC)o1. The van der Waals surface area contributed by atoms with E-state index in [-0.39, 0.29) is 0 Å². The number of rotatable bonds is 8. The van der Waals surface area contributed by atoms with E-state index in [4.69, 9.17) is 4.42 Å². The second kappa shape index (κ2) is 7.83. The maximum Gasteiger partial charge on any atom is 0.114 e. The standard InChI is InChI=1S/C12H21NOS/c1-3-7-13-8-9-15-10-12-6-5-11(4-2)14-12/h5-6,13H,3-4,7-10H2,1-2H3. The van der Waals surface area contributed by atoms with Crippen molar-refractivity contribution in [2.75, 3.05) is 18.8 Å². The first kappa shape index (κ1) is 12.7. The molecule has 0 saturated carbocycles. The maximum atomic E-state index is 5.62. The minimum atomic E-state index is 0.989. The average Bonchev–Trinajstić information content (AvgIpc) is 2.71. The lowest BCUT2D eigenvalue weighted by molar-refractivity contribution is 0.485. The molecule has 0 saturated heterocycles. The Hall–Kier alpha value is -0.410. The third-order valence-corrected chi connectivity index (χ3v) is 3.14. The largest absolute Gasteiger partial charge is 0.465 e. The van der Waals surface area contributed by atoms with Crippen LogP contribution in [0.2, 0.25) is 0 Å². The van der Waals surface area contributed by atoms with E-state index in [9.17, 15) is 0 Å². The van der Waals surface area contributed by atoms with Crippen molar-refractivity contribution >= 4 is 11.8 Å². The lowest BCUT2D eigenvalue weighted by Gasteiger charge is -2.01. The third kappa shape index (κ3) is 5.28. The quantitative estimate of drug-likeness (QED) is 0.691. The smallest absolute Gasteiger partial charge is 0.114 e. The zero-order chi connectivity index (χ0) is 10.9. The fourth-order valence-corrected chi connectivity index (χ4v) is 2.10. The summed E-state index contributed by atoms with van der Waals surface area (Å²) in [5.74, 6) is 4.35. The molecular weight excluding hydrogens is 206 g/mol. The molecule has 0 spiro atoms. The van der Waals surface area contributed by atoms with Crippen LogP contribution in [-0.2, 0) is 12.2 Å². The predicted molar refractivity (Wildman–Crippen MR) is 67.4 cm³/mol. The van der Waals surface area contributed by atoms with Crippen molar-refractivity contribution in [1.29, 1.82) is 0 Å². The monoisotopic (exact) mass is 227 g/mol. The molecule has 0 aliphatic carbocycles. The Morgan fingerprint density at radius 1 is 1.20 bits per heavy atom. The van der Waals surface area contributed by atoms with Crippen molar-refractivity contribution < 1.29 is 4.42 Å². The Kier molecular flexibility index (Phi) is 6.60. The molecule has 0 aromatic carbocycles. The van der Waals surface area contributed by atoms with Gasteiger partial charge in [0.25, 0.3) is 0 Å². The van der Waals surface area contributed by atoms with Crippen molar-refractivity contribution in [1.82, 2.24) is 5.32 Å². The third-order valence-electron chi connectivity index (χ3n) is 2.16. The van der Waals surface area contributed by atoms with Crippen LogP contribution in [0.15, 0.2) is 16.5 Å². The van der Waals surface area contributed by atoms with E-state index < -0.39 is 0 Å². The summed E-state index contributed by atoms with van der Waals surface area (Å²) in [4.78, 5) is 0. The topological polar surface area (TPSA) is 25.2 Å². The highest BCUT2D eigenvalue weighted by Gasteiger charge is 1.99. The lowest BCUT2D eigenvalue weighted by Crippen LogP contribution is -2.17. The van der Waals surface area contributed by atoms with Crippen LogP contribution in [0.5, 0.6) is 0 Å². The van der Waals surface area contributed by atoms with Gasteiger partial charge in [0, 0.05) is 18.7 Å². The van der Waals surface area contributed by atoms with Crippen LogP contribution in [-0.4, -0.2) is 18.8 Å². The second-order valence-electron chi connectivity index (χ2n) is 3.52. The molecule has 2 nitrogen and oxygen atoms in total. The second-order valence-corrected chi connectivity index (χ2v) is 4.63. The van der Waals surface area contributed by atoms with E-state index >= 15 is 0 Å². The van der Waals surface area contributed by atoms with Gasteiger partial charge in [0.2, 0.25) is 0 Å². The summed E-state index contributed by atoms with van der Waals surface area (Å²) in [5, 5.41) is 3.39. The summed E-state index contributed by atoms with van der Waals surface area (Å²) >= 11 is 1.92. The van der Waals surface area contributed by atoms with E-state index in [0.717, 1.165) is 42.5 Å². The van der Waals surface area contributed by atoms with Gasteiger partial charge in [0.1, 0.15) is 11.5 Å². The highest BCUT2D eigenvalue weighted by atomic mass is 32.2. The molecule has 1 aromatic rings. The van der Waals surface area contributed by atoms with Crippen LogP contribution < -0.4 is 5.32 Å². The number of furan rings is 1. The fourth-order valence-electron chi connectivity index (χ4n) is 1.31. The predicted octanol–water partition coefficient (Wildman–Crippen LogP) is 3.07. The average molecular weight is 227 g/mol. The molecule has 1 heterocycles. The highest BCUT2D eigenvalue weighted by Crippen LogP contribution is 2.15. The van der Waals surface area contributed by atoms with E-state index in [1.54, 1.807) is 0 Å². The van der Waals surface area contributed by atoms with Gasteiger partial charge >= 0.3 is 0 Å². The molecule has 1 rings (SSSR count). The molecule has 0 amide bonds. The zero-order valence-electron chi connectivity index (χ0n) is 9.71. The van der Waals surface area contributed by atoms with E-state index in [2.05, 4.69) is 31.3 Å².